The molecule has 11 nitrogen and oxygen atoms in total. The zero-order valence-electron chi connectivity index (χ0n) is 22.9. The first-order chi connectivity index (χ1) is 20.1. The maximum Gasteiger partial charge on any atom is 0.291 e. The molecule has 3 amide bonds. The predicted molar refractivity (Wildman–Crippen MR) is 148 cm³/mol. The number of nitrogens with two attached hydrogens (primary N) is 1. The lowest BCUT2D eigenvalue weighted by atomic mass is 10.1. The average molecular weight is 604 g/mol. The van der Waals surface area contributed by atoms with Gasteiger partial charge in [-0.2, -0.15) is 4.39 Å². The maximum atomic E-state index is 14.6. The summed E-state index contributed by atoms with van der Waals surface area (Å²) in [5.74, 6) is -3.53. The lowest BCUT2D eigenvalue weighted by molar-refractivity contribution is -0.660. The molecule has 2 atom stereocenters. The standard InChI is InChI=1S/C28H29ClF2N6O5/c1-35-21(18-5-6-22(42-2)24(31)23(18)30)14-33-25(35)26(39)34-15-3-4-17(19(29)11-15)27(40)36-7-9-37(10-8-36)28(41)20-12-16(38)13-32-20/h3-6,11,14,16,20,32,38H,7-10,12-13H2,1-2H3,(H,34,39)/p+1/t16-,20+/m1/s1. The van der Waals surface area contributed by atoms with Crippen LogP contribution in [0.15, 0.2) is 36.5 Å². The van der Waals surface area contributed by atoms with E-state index in [4.69, 9.17) is 16.3 Å². The van der Waals surface area contributed by atoms with E-state index in [1.54, 1.807) is 9.80 Å². The Labute approximate surface area is 245 Å². The Morgan fingerprint density at radius 2 is 1.81 bits per heavy atom. The van der Waals surface area contributed by atoms with E-state index in [2.05, 4.69) is 10.3 Å². The minimum Gasteiger partial charge on any atom is -0.494 e. The molecule has 2 saturated heterocycles. The van der Waals surface area contributed by atoms with Crippen molar-refractivity contribution in [3.63, 3.8) is 0 Å². The van der Waals surface area contributed by atoms with Gasteiger partial charge in [-0.05, 0) is 30.3 Å². The molecule has 2 aliphatic heterocycles. The van der Waals surface area contributed by atoms with E-state index in [1.807, 2.05) is 5.32 Å². The zero-order valence-corrected chi connectivity index (χ0v) is 23.7. The van der Waals surface area contributed by atoms with Gasteiger partial charge in [0, 0.05) is 50.9 Å². The Kier molecular flexibility index (Phi) is 8.43. The van der Waals surface area contributed by atoms with E-state index in [-0.39, 0.29) is 51.3 Å². The van der Waals surface area contributed by atoms with E-state index in [1.165, 1.54) is 55.3 Å². The van der Waals surface area contributed by atoms with E-state index in [0.29, 0.717) is 44.8 Å². The number of aliphatic hydroxyl groups is 1. The van der Waals surface area contributed by atoms with Crippen molar-refractivity contribution in [1.29, 1.82) is 0 Å². The summed E-state index contributed by atoms with van der Waals surface area (Å²) in [6.07, 6.45) is 1.21. The quantitative estimate of drug-likeness (QED) is 0.389. The average Bonchev–Trinajstić information content (AvgIpc) is 3.59. The van der Waals surface area contributed by atoms with Crippen molar-refractivity contribution in [3.8, 4) is 17.0 Å². The molecule has 2 fully saturated rings. The van der Waals surface area contributed by atoms with E-state index < -0.39 is 23.6 Å². The molecule has 0 saturated carbocycles. The number of rotatable bonds is 6. The maximum absolute atomic E-state index is 14.6. The summed E-state index contributed by atoms with van der Waals surface area (Å²) in [7, 11) is 2.73. The first kappa shape index (κ1) is 29.4. The number of methoxy groups -OCH3 is 1. The SMILES string of the molecule is COc1ccc(-c2cnc(C(=O)Nc3ccc(C(=O)N4CCN(C(=O)[C@@H]5C[C@@H](O)C[NH2+]5)CC4)c(Cl)c3)n2C)c(F)c1F. The van der Waals surface area contributed by atoms with Crippen molar-refractivity contribution in [2.24, 2.45) is 7.05 Å². The number of halogens is 3. The number of piperazine rings is 1. The Hall–Kier alpha value is -4.07. The third-order valence-electron chi connectivity index (χ3n) is 7.61. The number of ether oxygens (including phenoxy) is 1. The van der Waals surface area contributed by atoms with Crippen molar-refractivity contribution in [2.75, 3.05) is 45.2 Å². The molecular formula is C28H30ClF2N6O5+. The summed E-state index contributed by atoms with van der Waals surface area (Å²) in [6.45, 7) is 1.96. The Balaban J connectivity index is 1.22. The van der Waals surface area contributed by atoms with Gasteiger partial charge in [0.25, 0.3) is 17.7 Å². The predicted octanol–water partition coefficient (Wildman–Crippen LogP) is 1.26. The van der Waals surface area contributed by atoms with Crippen molar-refractivity contribution < 1.29 is 38.3 Å². The molecule has 2 aromatic carbocycles. The lowest BCUT2D eigenvalue weighted by Gasteiger charge is -2.35. The van der Waals surface area contributed by atoms with Crippen molar-refractivity contribution in [2.45, 2.75) is 18.6 Å². The monoisotopic (exact) mass is 603 g/mol. The third-order valence-corrected chi connectivity index (χ3v) is 7.92. The smallest absolute Gasteiger partial charge is 0.291 e. The molecule has 0 spiro atoms. The van der Waals surface area contributed by atoms with E-state index in [0.717, 1.165) is 0 Å². The van der Waals surface area contributed by atoms with Crippen LogP contribution >= 0.6 is 11.6 Å². The second-order valence-corrected chi connectivity index (χ2v) is 10.6. The van der Waals surface area contributed by atoms with Crippen LogP contribution in [0.2, 0.25) is 5.02 Å². The number of benzene rings is 2. The van der Waals surface area contributed by atoms with Gasteiger partial charge in [-0.3, -0.25) is 14.4 Å². The minimum atomic E-state index is -1.15. The van der Waals surface area contributed by atoms with Crippen LogP contribution in [0.5, 0.6) is 5.75 Å². The van der Waals surface area contributed by atoms with Gasteiger partial charge in [0.15, 0.2) is 23.4 Å². The molecule has 14 heteroatoms. The number of aliphatic hydroxyl groups excluding tert-OH is 1. The summed E-state index contributed by atoms with van der Waals surface area (Å²) in [4.78, 5) is 46.2. The topological polar surface area (TPSA) is 134 Å². The molecule has 3 aromatic rings. The van der Waals surface area contributed by atoms with E-state index in [9.17, 15) is 28.3 Å². The largest absolute Gasteiger partial charge is 0.494 e. The first-order valence-corrected chi connectivity index (χ1v) is 13.7. The van der Waals surface area contributed by atoms with Crippen LogP contribution in [-0.2, 0) is 11.8 Å². The second-order valence-electron chi connectivity index (χ2n) is 10.2. The highest BCUT2D eigenvalue weighted by Gasteiger charge is 2.37. The highest BCUT2D eigenvalue weighted by molar-refractivity contribution is 6.34. The van der Waals surface area contributed by atoms with Crippen LogP contribution in [0.3, 0.4) is 0 Å². The number of aromatic nitrogens is 2. The highest BCUT2D eigenvalue weighted by atomic mass is 35.5. The summed E-state index contributed by atoms with van der Waals surface area (Å²) in [6, 6.07) is 6.81. The highest BCUT2D eigenvalue weighted by Crippen LogP contribution is 2.30. The number of quaternary nitrogens is 1. The number of hydrogen-bond donors (Lipinski definition) is 3. The van der Waals surface area contributed by atoms with Gasteiger partial charge >= 0.3 is 0 Å². The van der Waals surface area contributed by atoms with Crippen LogP contribution in [-0.4, -0.2) is 94.2 Å². The van der Waals surface area contributed by atoms with Crippen LogP contribution in [0.4, 0.5) is 14.5 Å². The fraction of sp³-hybridized carbons (Fsp3) is 0.357. The van der Waals surface area contributed by atoms with Crippen LogP contribution in [0.25, 0.3) is 11.3 Å². The van der Waals surface area contributed by atoms with Crippen LogP contribution in [0, 0.1) is 11.6 Å². The number of imidazole rings is 1. The number of carbonyl (C=O) groups excluding carboxylic acids is 3. The molecule has 5 rings (SSSR count). The summed E-state index contributed by atoms with van der Waals surface area (Å²) >= 11 is 6.42. The molecule has 1 aromatic heterocycles. The first-order valence-electron chi connectivity index (χ1n) is 13.3. The molecule has 42 heavy (non-hydrogen) atoms. The second kappa shape index (κ2) is 12.0. The number of nitrogens with one attached hydrogen (secondary N) is 1. The van der Waals surface area contributed by atoms with Crippen LogP contribution < -0.4 is 15.4 Å². The van der Waals surface area contributed by atoms with Gasteiger partial charge in [-0.15, -0.1) is 0 Å². The number of hydrogen-bond acceptors (Lipinski definition) is 6. The molecular weight excluding hydrogens is 574 g/mol. The number of anilines is 1. The molecule has 0 radical (unpaired) electrons. The lowest BCUT2D eigenvalue weighted by Crippen LogP contribution is -2.90. The molecule has 222 valence electrons. The Bertz CT molecular complexity index is 1540. The number of carbonyl (C=O) groups is 3. The van der Waals surface area contributed by atoms with Gasteiger partial charge in [0.1, 0.15) is 12.6 Å². The molecule has 2 aliphatic rings. The molecule has 0 unspecified atom stereocenters. The Morgan fingerprint density at radius 1 is 1.10 bits per heavy atom. The fourth-order valence-corrected chi connectivity index (χ4v) is 5.52. The number of nitrogens with zero attached hydrogens (tertiary/aromatic N) is 4. The number of amides is 3. The van der Waals surface area contributed by atoms with Gasteiger partial charge in [0.2, 0.25) is 5.82 Å². The van der Waals surface area contributed by atoms with Gasteiger partial charge in [0.05, 0.1) is 29.6 Å². The molecule has 0 bridgehead atoms. The Morgan fingerprint density at radius 3 is 2.45 bits per heavy atom. The zero-order chi connectivity index (χ0) is 30.1. The van der Waals surface area contributed by atoms with Crippen molar-refractivity contribution in [3.05, 3.63) is 64.6 Å². The third kappa shape index (κ3) is 5.67. The van der Waals surface area contributed by atoms with E-state index >= 15 is 0 Å². The molecule has 0 aliphatic carbocycles. The minimum absolute atomic E-state index is 0.0297. The van der Waals surface area contributed by atoms with Gasteiger partial charge in [-0.25, -0.2) is 9.37 Å². The van der Waals surface area contributed by atoms with Gasteiger partial charge < -0.3 is 34.8 Å². The van der Waals surface area contributed by atoms with Gasteiger partial charge in [-0.1, -0.05) is 11.6 Å². The molecule has 3 heterocycles. The summed E-state index contributed by atoms with van der Waals surface area (Å²) in [5.41, 5.74) is 0.643. The summed E-state index contributed by atoms with van der Waals surface area (Å²) < 4.78 is 35.0. The summed E-state index contributed by atoms with van der Waals surface area (Å²) in [5, 5.41) is 14.3. The fourth-order valence-electron chi connectivity index (χ4n) is 5.25. The molecule has 4 N–H and O–H groups in total. The van der Waals surface area contributed by atoms with Crippen molar-refractivity contribution >= 4 is 35.0 Å². The normalized spacial score (nSPS) is 18.7. The van der Waals surface area contributed by atoms with Crippen LogP contribution in [0.1, 0.15) is 27.4 Å². The van der Waals surface area contributed by atoms with Crippen molar-refractivity contribution in [1.82, 2.24) is 19.4 Å².